The summed E-state index contributed by atoms with van der Waals surface area (Å²) in [6.45, 7) is 4.68. The first-order chi connectivity index (χ1) is 17.9. The van der Waals surface area contributed by atoms with Gasteiger partial charge in [0.05, 0.1) is 27.6 Å². The Kier molecular flexibility index (Phi) is 8.72. The molecule has 0 saturated carbocycles. The zero-order valence-corrected chi connectivity index (χ0v) is 24.7. The number of benzene rings is 3. The molecule has 0 bridgehead atoms. The SMILES string of the molecule is Cc1ccc(Br)c(NS(=O)(=O)c2ccc(Cl)c(C(=O)N3CCN(C(=O)Cc4cccc(Cl)c4)C(C)C3)c2)c1. The maximum Gasteiger partial charge on any atom is 0.261 e. The highest BCUT2D eigenvalue weighted by molar-refractivity contribution is 9.10. The van der Waals surface area contributed by atoms with Crippen LogP contribution in [0.4, 0.5) is 5.69 Å². The number of anilines is 1. The second-order valence-electron chi connectivity index (χ2n) is 9.22. The number of piperazine rings is 1. The molecule has 1 N–H and O–H groups in total. The summed E-state index contributed by atoms with van der Waals surface area (Å²) in [6.07, 6.45) is 0.217. The first-order valence-electron chi connectivity index (χ1n) is 11.9. The van der Waals surface area contributed by atoms with Gasteiger partial charge in [-0.15, -0.1) is 0 Å². The van der Waals surface area contributed by atoms with Gasteiger partial charge in [0.25, 0.3) is 15.9 Å². The standard InChI is InChI=1S/C27H26BrCl2N3O4S/c1-17-6-8-23(28)25(12-17)31-38(36,37)21-7-9-24(30)22(15-21)27(35)32-10-11-33(18(2)16-32)26(34)14-19-4-3-5-20(29)13-19/h3-9,12-13,15,18,31H,10-11,14,16H2,1-2H3. The molecule has 0 spiro atoms. The largest absolute Gasteiger partial charge is 0.336 e. The lowest BCUT2D eigenvalue weighted by Gasteiger charge is -2.40. The topological polar surface area (TPSA) is 86.8 Å². The molecule has 1 fully saturated rings. The summed E-state index contributed by atoms with van der Waals surface area (Å²) in [5, 5.41) is 0.722. The molecule has 3 aromatic rings. The Hall–Kier alpha value is -2.59. The molecule has 200 valence electrons. The number of nitrogens with one attached hydrogen (secondary N) is 1. The lowest BCUT2D eigenvalue weighted by molar-refractivity contribution is -0.134. The van der Waals surface area contributed by atoms with Gasteiger partial charge in [0.15, 0.2) is 0 Å². The van der Waals surface area contributed by atoms with Crippen LogP contribution in [-0.4, -0.2) is 55.7 Å². The van der Waals surface area contributed by atoms with Crippen molar-refractivity contribution in [3.63, 3.8) is 0 Å². The lowest BCUT2D eigenvalue weighted by Crippen LogP contribution is -2.55. The quantitative estimate of drug-likeness (QED) is 0.371. The summed E-state index contributed by atoms with van der Waals surface area (Å²) in [4.78, 5) is 29.6. The van der Waals surface area contributed by atoms with Gasteiger partial charge in [0.2, 0.25) is 5.91 Å². The maximum absolute atomic E-state index is 13.4. The van der Waals surface area contributed by atoms with Crippen LogP contribution in [0.2, 0.25) is 10.0 Å². The Balaban J connectivity index is 1.48. The number of halogens is 3. The van der Waals surface area contributed by atoms with Crippen molar-refractivity contribution >= 4 is 66.7 Å². The molecule has 1 unspecified atom stereocenters. The van der Waals surface area contributed by atoms with Gasteiger partial charge < -0.3 is 9.80 Å². The van der Waals surface area contributed by atoms with Crippen molar-refractivity contribution in [1.29, 1.82) is 0 Å². The number of nitrogens with zero attached hydrogens (tertiary/aromatic N) is 2. The zero-order valence-electron chi connectivity index (χ0n) is 20.7. The Bertz CT molecular complexity index is 1500. The van der Waals surface area contributed by atoms with E-state index >= 15 is 0 Å². The van der Waals surface area contributed by atoms with E-state index in [2.05, 4.69) is 20.7 Å². The number of hydrogen-bond acceptors (Lipinski definition) is 4. The molecule has 0 aliphatic carbocycles. The third-order valence-electron chi connectivity index (χ3n) is 6.32. The van der Waals surface area contributed by atoms with Gasteiger partial charge in [-0.25, -0.2) is 8.42 Å². The van der Waals surface area contributed by atoms with E-state index in [1.807, 2.05) is 26.0 Å². The van der Waals surface area contributed by atoms with Crippen molar-refractivity contribution in [2.75, 3.05) is 24.4 Å². The van der Waals surface area contributed by atoms with Gasteiger partial charge in [0, 0.05) is 35.2 Å². The van der Waals surface area contributed by atoms with Gasteiger partial charge in [0.1, 0.15) is 0 Å². The fourth-order valence-corrected chi connectivity index (χ4v) is 6.35. The second-order valence-corrected chi connectivity index (χ2v) is 12.6. The first kappa shape index (κ1) is 28.4. The molecule has 4 rings (SSSR count). The predicted molar refractivity (Wildman–Crippen MR) is 153 cm³/mol. The molecule has 1 aliphatic heterocycles. The maximum atomic E-state index is 13.4. The van der Waals surface area contributed by atoms with Gasteiger partial charge in [-0.1, -0.05) is 41.4 Å². The van der Waals surface area contributed by atoms with Crippen LogP contribution in [0.3, 0.4) is 0 Å². The number of amides is 2. The predicted octanol–water partition coefficient (Wildman–Crippen LogP) is 5.78. The molecule has 3 aromatic carbocycles. The molecular weight excluding hydrogens is 613 g/mol. The highest BCUT2D eigenvalue weighted by Crippen LogP contribution is 2.28. The lowest BCUT2D eigenvalue weighted by atomic mass is 10.1. The van der Waals surface area contributed by atoms with Gasteiger partial charge in [-0.2, -0.15) is 0 Å². The number of hydrogen-bond donors (Lipinski definition) is 1. The average Bonchev–Trinajstić information content (AvgIpc) is 2.85. The van der Waals surface area contributed by atoms with Crippen LogP contribution in [0.25, 0.3) is 0 Å². The number of rotatable bonds is 6. The van der Waals surface area contributed by atoms with Crippen LogP contribution in [0.5, 0.6) is 0 Å². The molecule has 7 nitrogen and oxygen atoms in total. The summed E-state index contributed by atoms with van der Waals surface area (Å²) < 4.78 is 29.4. The van der Waals surface area contributed by atoms with Gasteiger partial charge >= 0.3 is 0 Å². The molecule has 1 aliphatic rings. The van der Waals surface area contributed by atoms with E-state index < -0.39 is 15.9 Å². The Morgan fingerprint density at radius 2 is 1.82 bits per heavy atom. The van der Waals surface area contributed by atoms with Crippen LogP contribution in [0.15, 0.2) is 70.0 Å². The van der Waals surface area contributed by atoms with E-state index in [0.29, 0.717) is 34.8 Å². The van der Waals surface area contributed by atoms with Crippen LogP contribution in [0, 0.1) is 6.92 Å². The van der Waals surface area contributed by atoms with Crippen molar-refractivity contribution in [2.24, 2.45) is 0 Å². The number of sulfonamides is 1. The van der Waals surface area contributed by atoms with Gasteiger partial charge in [-0.05, 0) is 83.4 Å². The van der Waals surface area contributed by atoms with E-state index in [1.165, 1.54) is 18.2 Å². The minimum absolute atomic E-state index is 0.0497. The van der Waals surface area contributed by atoms with Crippen molar-refractivity contribution in [3.8, 4) is 0 Å². The van der Waals surface area contributed by atoms with Crippen LogP contribution >= 0.6 is 39.1 Å². The second kappa shape index (κ2) is 11.7. The molecule has 38 heavy (non-hydrogen) atoms. The summed E-state index contributed by atoms with van der Waals surface area (Å²) in [5.74, 6) is -0.441. The third kappa shape index (κ3) is 6.51. The molecule has 1 saturated heterocycles. The molecule has 0 aromatic heterocycles. The smallest absolute Gasteiger partial charge is 0.261 e. The van der Waals surface area contributed by atoms with Crippen molar-refractivity contribution < 1.29 is 18.0 Å². The van der Waals surface area contributed by atoms with E-state index in [1.54, 1.807) is 40.1 Å². The monoisotopic (exact) mass is 637 g/mol. The van der Waals surface area contributed by atoms with Crippen LogP contribution in [0.1, 0.15) is 28.4 Å². The molecular formula is C27H26BrCl2N3O4S. The summed E-state index contributed by atoms with van der Waals surface area (Å²) in [5.41, 5.74) is 2.19. The Morgan fingerprint density at radius 3 is 2.53 bits per heavy atom. The van der Waals surface area contributed by atoms with E-state index in [-0.39, 0.29) is 33.9 Å². The highest BCUT2D eigenvalue weighted by atomic mass is 79.9. The summed E-state index contributed by atoms with van der Waals surface area (Å²) >= 11 is 15.7. The normalized spacial score (nSPS) is 15.9. The third-order valence-corrected chi connectivity index (χ3v) is 8.94. The van der Waals surface area contributed by atoms with Crippen LogP contribution in [-0.2, 0) is 21.2 Å². The first-order valence-corrected chi connectivity index (χ1v) is 14.9. The Labute approximate surface area is 240 Å². The zero-order chi connectivity index (χ0) is 27.6. The minimum Gasteiger partial charge on any atom is -0.336 e. The van der Waals surface area contributed by atoms with E-state index in [4.69, 9.17) is 23.2 Å². The summed E-state index contributed by atoms with van der Waals surface area (Å²) in [7, 11) is -3.99. The molecule has 0 radical (unpaired) electrons. The van der Waals surface area contributed by atoms with E-state index in [9.17, 15) is 18.0 Å². The molecule has 1 atom stereocenters. The summed E-state index contributed by atoms with van der Waals surface area (Å²) in [6, 6.07) is 16.3. The fourth-order valence-electron chi connectivity index (χ4n) is 4.36. The molecule has 11 heteroatoms. The van der Waals surface area contributed by atoms with Crippen molar-refractivity contribution in [3.05, 3.63) is 91.9 Å². The molecule has 1 heterocycles. The fraction of sp³-hybridized carbons (Fsp3) is 0.259. The number of aryl methyl sites for hydroxylation is 1. The van der Waals surface area contributed by atoms with Crippen molar-refractivity contribution in [1.82, 2.24) is 9.80 Å². The average molecular weight is 639 g/mol. The molecule has 2 amide bonds. The highest BCUT2D eigenvalue weighted by Gasteiger charge is 2.31. The van der Waals surface area contributed by atoms with Crippen LogP contribution < -0.4 is 4.72 Å². The Morgan fingerprint density at radius 1 is 1.05 bits per heavy atom. The number of carbonyl (C=O) groups is 2. The van der Waals surface area contributed by atoms with Crippen molar-refractivity contribution in [2.45, 2.75) is 31.2 Å². The van der Waals surface area contributed by atoms with Gasteiger partial charge in [-0.3, -0.25) is 14.3 Å². The minimum atomic E-state index is -3.99. The number of carbonyl (C=O) groups excluding carboxylic acids is 2. The van der Waals surface area contributed by atoms with E-state index in [0.717, 1.165) is 11.1 Å².